The fourth-order valence-electron chi connectivity index (χ4n) is 2.97. The summed E-state index contributed by atoms with van der Waals surface area (Å²) in [6.07, 6.45) is 0. The van der Waals surface area contributed by atoms with E-state index in [-0.39, 0.29) is 11.2 Å². The van der Waals surface area contributed by atoms with Crippen molar-refractivity contribution in [2.45, 2.75) is 45.8 Å². The first-order valence-corrected chi connectivity index (χ1v) is 6.92. The molecule has 0 aromatic carbocycles. The number of pyridine rings is 1. The van der Waals surface area contributed by atoms with Crippen LogP contribution in [-0.4, -0.2) is 9.38 Å². The van der Waals surface area contributed by atoms with Gasteiger partial charge >= 0.3 is 0 Å². The lowest BCUT2D eigenvalue weighted by molar-refractivity contribution is -0.108. The molecular formula is C14H17BrN2O. The lowest BCUT2D eigenvalue weighted by atomic mass is 10.0. The standard InChI is InChI=1S/C14H17BrN2O/c1-8-9(15)6-7-10-16-11-12(17(8)10)14(4,5)18-13(11,2)3/h6-7H,1-5H3. The molecular weight excluding hydrogens is 292 g/mol. The number of ether oxygens (including phenoxy) is 1. The maximum atomic E-state index is 6.15. The highest BCUT2D eigenvalue weighted by molar-refractivity contribution is 9.10. The zero-order valence-electron chi connectivity index (χ0n) is 11.3. The second kappa shape index (κ2) is 3.36. The first-order chi connectivity index (χ1) is 8.24. The molecule has 0 spiro atoms. The molecule has 3 rings (SSSR count). The second-order valence-corrected chi connectivity index (χ2v) is 6.75. The molecule has 0 amide bonds. The number of nitrogens with zero attached hydrogens (tertiary/aromatic N) is 2. The molecule has 0 unspecified atom stereocenters. The summed E-state index contributed by atoms with van der Waals surface area (Å²) < 4.78 is 9.45. The molecule has 96 valence electrons. The molecule has 4 heteroatoms. The zero-order valence-corrected chi connectivity index (χ0v) is 12.9. The van der Waals surface area contributed by atoms with Gasteiger partial charge in [-0.1, -0.05) is 0 Å². The van der Waals surface area contributed by atoms with Crippen LogP contribution in [-0.2, 0) is 15.9 Å². The van der Waals surface area contributed by atoms with E-state index in [2.05, 4.69) is 54.9 Å². The fourth-order valence-corrected chi connectivity index (χ4v) is 3.28. The van der Waals surface area contributed by atoms with E-state index in [1.54, 1.807) is 0 Å². The van der Waals surface area contributed by atoms with E-state index in [0.717, 1.165) is 21.5 Å². The summed E-state index contributed by atoms with van der Waals surface area (Å²) in [5.74, 6) is 0. The Balaban J connectivity index is 2.48. The quantitative estimate of drug-likeness (QED) is 0.738. The zero-order chi connectivity index (χ0) is 13.3. The van der Waals surface area contributed by atoms with Crippen LogP contribution < -0.4 is 0 Å². The van der Waals surface area contributed by atoms with E-state index in [9.17, 15) is 0 Å². The maximum absolute atomic E-state index is 6.15. The van der Waals surface area contributed by atoms with Gasteiger partial charge in [-0.2, -0.15) is 0 Å². The number of aromatic nitrogens is 2. The monoisotopic (exact) mass is 308 g/mol. The number of imidazole rings is 1. The lowest BCUT2D eigenvalue weighted by Gasteiger charge is -2.25. The third kappa shape index (κ3) is 1.42. The van der Waals surface area contributed by atoms with Gasteiger partial charge in [0.2, 0.25) is 0 Å². The van der Waals surface area contributed by atoms with Crippen molar-refractivity contribution in [1.29, 1.82) is 0 Å². The van der Waals surface area contributed by atoms with Gasteiger partial charge in [0.25, 0.3) is 0 Å². The Hall–Kier alpha value is -0.870. The van der Waals surface area contributed by atoms with Gasteiger partial charge in [0.1, 0.15) is 16.8 Å². The van der Waals surface area contributed by atoms with Crippen LogP contribution in [0, 0.1) is 6.92 Å². The predicted molar refractivity (Wildman–Crippen MR) is 74.8 cm³/mol. The minimum atomic E-state index is -0.330. The largest absolute Gasteiger partial charge is 0.357 e. The van der Waals surface area contributed by atoms with E-state index in [1.165, 1.54) is 5.69 Å². The van der Waals surface area contributed by atoms with Crippen LogP contribution in [0.5, 0.6) is 0 Å². The summed E-state index contributed by atoms with van der Waals surface area (Å²) >= 11 is 3.59. The molecule has 0 N–H and O–H groups in total. The number of hydrogen-bond donors (Lipinski definition) is 0. The minimum Gasteiger partial charge on any atom is -0.357 e. The first kappa shape index (κ1) is 12.2. The Morgan fingerprint density at radius 3 is 2.50 bits per heavy atom. The summed E-state index contributed by atoms with van der Waals surface area (Å²) in [5, 5.41) is 0. The molecule has 18 heavy (non-hydrogen) atoms. The van der Waals surface area contributed by atoms with Crippen LogP contribution in [0.4, 0.5) is 0 Å². The smallest absolute Gasteiger partial charge is 0.137 e. The fraction of sp³-hybridized carbons (Fsp3) is 0.500. The van der Waals surface area contributed by atoms with E-state index in [0.29, 0.717) is 0 Å². The average Bonchev–Trinajstić information content (AvgIpc) is 2.70. The van der Waals surface area contributed by atoms with Crippen molar-refractivity contribution >= 4 is 21.6 Å². The molecule has 0 atom stereocenters. The van der Waals surface area contributed by atoms with Gasteiger partial charge in [0, 0.05) is 10.2 Å². The van der Waals surface area contributed by atoms with E-state index >= 15 is 0 Å². The van der Waals surface area contributed by atoms with Gasteiger partial charge in [0.15, 0.2) is 0 Å². The predicted octanol–water partition coefficient (Wildman–Crippen LogP) is 3.91. The molecule has 2 aromatic rings. The van der Waals surface area contributed by atoms with Crippen LogP contribution >= 0.6 is 15.9 Å². The Bertz CT molecular complexity index is 655. The second-order valence-electron chi connectivity index (χ2n) is 5.89. The Morgan fingerprint density at radius 2 is 1.83 bits per heavy atom. The van der Waals surface area contributed by atoms with Crippen molar-refractivity contribution < 1.29 is 4.74 Å². The summed E-state index contributed by atoms with van der Waals surface area (Å²) in [5.41, 5.74) is 3.73. The van der Waals surface area contributed by atoms with E-state index in [1.807, 2.05) is 12.1 Å². The number of hydrogen-bond acceptors (Lipinski definition) is 2. The van der Waals surface area contributed by atoms with Crippen molar-refractivity contribution in [3.05, 3.63) is 33.7 Å². The van der Waals surface area contributed by atoms with E-state index in [4.69, 9.17) is 9.72 Å². The van der Waals surface area contributed by atoms with Gasteiger partial charge < -0.3 is 4.74 Å². The van der Waals surface area contributed by atoms with Crippen molar-refractivity contribution in [2.75, 3.05) is 0 Å². The topological polar surface area (TPSA) is 26.5 Å². The first-order valence-electron chi connectivity index (χ1n) is 6.13. The molecule has 3 heterocycles. The van der Waals surface area contributed by atoms with Crippen molar-refractivity contribution in [3.63, 3.8) is 0 Å². The lowest BCUT2D eigenvalue weighted by Crippen LogP contribution is -2.24. The van der Waals surface area contributed by atoms with Gasteiger partial charge in [0.05, 0.1) is 11.4 Å². The van der Waals surface area contributed by atoms with Crippen molar-refractivity contribution in [3.8, 4) is 0 Å². The summed E-state index contributed by atoms with van der Waals surface area (Å²) in [7, 11) is 0. The molecule has 0 fully saturated rings. The SMILES string of the molecule is Cc1c(Br)ccc2nc3c(n12)C(C)(C)OC3(C)C. The molecule has 2 aromatic heterocycles. The summed E-state index contributed by atoms with van der Waals surface area (Å²) in [4.78, 5) is 4.76. The summed E-state index contributed by atoms with van der Waals surface area (Å²) in [6, 6.07) is 4.09. The average molecular weight is 309 g/mol. The van der Waals surface area contributed by atoms with Crippen molar-refractivity contribution in [2.24, 2.45) is 0 Å². The minimum absolute atomic E-state index is 0.316. The number of fused-ring (bicyclic) bond motifs is 3. The maximum Gasteiger partial charge on any atom is 0.137 e. The van der Waals surface area contributed by atoms with Gasteiger partial charge in [-0.25, -0.2) is 4.98 Å². The van der Waals surface area contributed by atoms with E-state index < -0.39 is 0 Å². The number of halogens is 1. The van der Waals surface area contributed by atoms with Gasteiger partial charge in [-0.3, -0.25) is 4.40 Å². The van der Waals surface area contributed by atoms with Gasteiger partial charge in [-0.05, 0) is 62.7 Å². The Labute approximate surface area is 115 Å². The van der Waals surface area contributed by atoms with Crippen LogP contribution in [0.25, 0.3) is 5.65 Å². The molecule has 0 radical (unpaired) electrons. The summed E-state index contributed by atoms with van der Waals surface area (Å²) in [6.45, 7) is 10.5. The Morgan fingerprint density at radius 1 is 1.17 bits per heavy atom. The third-order valence-electron chi connectivity index (χ3n) is 3.61. The number of aryl methyl sites for hydroxylation is 1. The molecule has 0 saturated heterocycles. The highest BCUT2D eigenvalue weighted by Crippen LogP contribution is 2.46. The van der Waals surface area contributed by atoms with Crippen LogP contribution in [0.3, 0.4) is 0 Å². The van der Waals surface area contributed by atoms with Crippen LogP contribution in [0.1, 0.15) is 44.8 Å². The molecule has 0 saturated carbocycles. The highest BCUT2D eigenvalue weighted by atomic mass is 79.9. The van der Waals surface area contributed by atoms with Crippen LogP contribution in [0.15, 0.2) is 16.6 Å². The third-order valence-corrected chi connectivity index (χ3v) is 4.45. The van der Waals surface area contributed by atoms with Gasteiger partial charge in [-0.15, -0.1) is 0 Å². The molecule has 1 aliphatic rings. The molecule has 1 aliphatic heterocycles. The molecule has 3 nitrogen and oxygen atoms in total. The van der Waals surface area contributed by atoms with Crippen molar-refractivity contribution in [1.82, 2.24) is 9.38 Å². The van der Waals surface area contributed by atoms with Crippen LogP contribution in [0.2, 0.25) is 0 Å². The Kier molecular flexibility index (Phi) is 2.28. The normalized spacial score (nSPS) is 20.3. The molecule has 0 bridgehead atoms. The number of rotatable bonds is 0. The highest BCUT2D eigenvalue weighted by Gasteiger charge is 2.47. The molecule has 0 aliphatic carbocycles.